The molecule has 1 N–H and O–H groups in total. The summed E-state index contributed by atoms with van der Waals surface area (Å²) >= 11 is 9.43. The number of hydrogen-bond acceptors (Lipinski definition) is 2. The zero-order chi connectivity index (χ0) is 13.9. The molecule has 1 heterocycles. The van der Waals surface area contributed by atoms with Crippen molar-refractivity contribution < 1.29 is 4.74 Å². The van der Waals surface area contributed by atoms with Gasteiger partial charge in [0, 0.05) is 29.0 Å². The Balaban J connectivity index is 1.50. The van der Waals surface area contributed by atoms with Crippen molar-refractivity contribution in [3.8, 4) is 5.75 Å². The second kappa shape index (κ2) is 6.17. The Hall–Kier alpha value is -1.03. The minimum absolute atomic E-state index is 0.193. The van der Waals surface area contributed by atoms with Gasteiger partial charge in [0.1, 0.15) is 11.9 Å². The molecule has 1 unspecified atom stereocenters. The molecular weight excluding hydrogens is 338 g/mol. The van der Waals surface area contributed by atoms with Gasteiger partial charge in [-0.2, -0.15) is 0 Å². The first-order valence-corrected chi connectivity index (χ1v) is 7.78. The van der Waals surface area contributed by atoms with Crippen LogP contribution in [0.1, 0.15) is 11.1 Å². The number of hydrogen-bond donors (Lipinski definition) is 1. The third-order valence-electron chi connectivity index (χ3n) is 3.38. The molecule has 3 rings (SSSR count). The van der Waals surface area contributed by atoms with Crippen LogP contribution in [0.3, 0.4) is 0 Å². The molecule has 2 aromatic rings. The maximum Gasteiger partial charge on any atom is 0.123 e. The van der Waals surface area contributed by atoms with E-state index in [2.05, 4.69) is 45.5 Å². The summed E-state index contributed by atoms with van der Waals surface area (Å²) in [6.45, 7) is 1.69. The van der Waals surface area contributed by atoms with Crippen LogP contribution in [0.25, 0.3) is 0 Å². The van der Waals surface area contributed by atoms with E-state index >= 15 is 0 Å². The van der Waals surface area contributed by atoms with Crippen LogP contribution in [0.5, 0.6) is 5.75 Å². The Morgan fingerprint density at radius 2 is 2.00 bits per heavy atom. The Bertz CT molecular complexity index is 600. The SMILES string of the molecule is Clc1ccc2c(c1)CC(CNCc1ccc(Br)cc1)O2. The Morgan fingerprint density at radius 1 is 1.20 bits per heavy atom. The molecule has 2 nitrogen and oxygen atoms in total. The van der Waals surface area contributed by atoms with Gasteiger partial charge in [0.15, 0.2) is 0 Å². The highest BCUT2D eigenvalue weighted by molar-refractivity contribution is 9.10. The Kier molecular flexibility index (Phi) is 4.29. The Morgan fingerprint density at radius 3 is 2.80 bits per heavy atom. The Labute approximate surface area is 132 Å². The van der Waals surface area contributed by atoms with Crippen molar-refractivity contribution in [3.05, 3.63) is 63.1 Å². The molecule has 0 bridgehead atoms. The number of nitrogens with one attached hydrogen (secondary N) is 1. The maximum atomic E-state index is 5.99. The fourth-order valence-corrected chi connectivity index (χ4v) is 2.84. The van der Waals surface area contributed by atoms with Crippen LogP contribution >= 0.6 is 27.5 Å². The number of fused-ring (bicyclic) bond motifs is 1. The molecular formula is C16H15BrClNO. The predicted molar refractivity (Wildman–Crippen MR) is 85.4 cm³/mol. The fourth-order valence-electron chi connectivity index (χ4n) is 2.38. The normalized spacial score (nSPS) is 16.8. The number of rotatable bonds is 4. The van der Waals surface area contributed by atoms with Crippen molar-refractivity contribution in [1.82, 2.24) is 5.32 Å². The predicted octanol–water partition coefficient (Wildman–Crippen LogP) is 4.20. The van der Waals surface area contributed by atoms with Gasteiger partial charge in [0.2, 0.25) is 0 Å². The van der Waals surface area contributed by atoms with Gasteiger partial charge in [-0.1, -0.05) is 39.7 Å². The fraction of sp³-hybridized carbons (Fsp3) is 0.250. The van der Waals surface area contributed by atoms with Gasteiger partial charge in [0.05, 0.1) is 0 Å². The summed E-state index contributed by atoms with van der Waals surface area (Å²) in [4.78, 5) is 0. The maximum absolute atomic E-state index is 5.99. The molecule has 0 spiro atoms. The van der Waals surface area contributed by atoms with E-state index in [9.17, 15) is 0 Å². The average Bonchev–Trinajstić information content (AvgIpc) is 2.83. The molecule has 0 fully saturated rings. The lowest BCUT2D eigenvalue weighted by molar-refractivity contribution is 0.227. The van der Waals surface area contributed by atoms with Crippen molar-refractivity contribution in [2.24, 2.45) is 0 Å². The number of halogens is 2. The van der Waals surface area contributed by atoms with E-state index in [0.29, 0.717) is 0 Å². The van der Waals surface area contributed by atoms with Crippen molar-refractivity contribution in [1.29, 1.82) is 0 Å². The smallest absolute Gasteiger partial charge is 0.123 e. The van der Waals surface area contributed by atoms with Gasteiger partial charge in [0.25, 0.3) is 0 Å². The van der Waals surface area contributed by atoms with E-state index in [-0.39, 0.29) is 6.10 Å². The van der Waals surface area contributed by atoms with Gasteiger partial charge in [-0.25, -0.2) is 0 Å². The van der Waals surface area contributed by atoms with Crippen LogP contribution in [0.4, 0.5) is 0 Å². The van der Waals surface area contributed by atoms with Gasteiger partial charge >= 0.3 is 0 Å². The van der Waals surface area contributed by atoms with Crippen LogP contribution in [-0.4, -0.2) is 12.6 Å². The van der Waals surface area contributed by atoms with Gasteiger partial charge < -0.3 is 10.1 Å². The first-order chi connectivity index (χ1) is 9.70. The van der Waals surface area contributed by atoms with Crippen LogP contribution in [-0.2, 0) is 13.0 Å². The summed E-state index contributed by atoms with van der Waals surface area (Å²) in [7, 11) is 0. The van der Waals surface area contributed by atoms with Crippen molar-refractivity contribution in [3.63, 3.8) is 0 Å². The summed E-state index contributed by atoms with van der Waals surface area (Å²) in [5.41, 5.74) is 2.47. The lowest BCUT2D eigenvalue weighted by atomic mass is 10.1. The quantitative estimate of drug-likeness (QED) is 0.890. The second-order valence-corrected chi connectivity index (χ2v) is 6.31. The van der Waals surface area contributed by atoms with Crippen molar-refractivity contribution in [2.45, 2.75) is 19.1 Å². The lowest BCUT2D eigenvalue weighted by Gasteiger charge is -2.12. The van der Waals surface area contributed by atoms with Crippen LogP contribution in [0, 0.1) is 0 Å². The van der Waals surface area contributed by atoms with E-state index < -0.39 is 0 Å². The zero-order valence-electron chi connectivity index (χ0n) is 10.9. The minimum atomic E-state index is 0.193. The average molecular weight is 353 g/mol. The molecule has 1 aliphatic heterocycles. The third-order valence-corrected chi connectivity index (χ3v) is 4.14. The van der Waals surface area contributed by atoms with E-state index in [1.54, 1.807) is 0 Å². The molecule has 104 valence electrons. The van der Waals surface area contributed by atoms with Crippen LogP contribution in [0.15, 0.2) is 46.9 Å². The molecule has 20 heavy (non-hydrogen) atoms. The van der Waals surface area contributed by atoms with E-state index in [4.69, 9.17) is 16.3 Å². The summed E-state index contributed by atoms with van der Waals surface area (Å²) in [5.74, 6) is 0.963. The second-order valence-electron chi connectivity index (χ2n) is 4.95. The van der Waals surface area contributed by atoms with Crippen molar-refractivity contribution in [2.75, 3.05) is 6.54 Å². The molecule has 0 radical (unpaired) electrons. The standard InChI is InChI=1S/C16H15BrClNO/c17-13-3-1-11(2-4-13)9-19-10-15-8-12-7-14(18)5-6-16(12)20-15/h1-7,15,19H,8-10H2. The van der Waals surface area contributed by atoms with Crippen LogP contribution in [0.2, 0.25) is 5.02 Å². The molecule has 0 amide bonds. The third kappa shape index (κ3) is 3.35. The summed E-state index contributed by atoms with van der Waals surface area (Å²) in [5, 5.41) is 4.21. The highest BCUT2D eigenvalue weighted by Gasteiger charge is 2.22. The lowest BCUT2D eigenvalue weighted by Crippen LogP contribution is -2.29. The number of benzene rings is 2. The molecule has 4 heteroatoms. The monoisotopic (exact) mass is 351 g/mol. The van der Waals surface area contributed by atoms with Gasteiger partial charge in [-0.05, 0) is 41.5 Å². The van der Waals surface area contributed by atoms with E-state index in [0.717, 1.165) is 34.8 Å². The first kappa shape index (κ1) is 13.9. The van der Waals surface area contributed by atoms with Crippen LogP contribution < -0.4 is 10.1 Å². The van der Waals surface area contributed by atoms with E-state index in [1.807, 2.05) is 18.2 Å². The number of ether oxygens (including phenoxy) is 1. The highest BCUT2D eigenvalue weighted by atomic mass is 79.9. The molecule has 0 aliphatic carbocycles. The zero-order valence-corrected chi connectivity index (χ0v) is 13.2. The molecule has 1 atom stereocenters. The molecule has 0 aromatic heterocycles. The summed E-state index contributed by atoms with van der Waals surface area (Å²) < 4.78 is 6.99. The minimum Gasteiger partial charge on any atom is -0.488 e. The van der Waals surface area contributed by atoms with Gasteiger partial charge in [-0.3, -0.25) is 0 Å². The molecule has 2 aromatic carbocycles. The van der Waals surface area contributed by atoms with Crippen molar-refractivity contribution >= 4 is 27.5 Å². The topological polar surface area (TPSA) is 21.3 Å². The molecule has 0 saturated heterocycles. The largest absolute Gasteiger partial charge is 0.488 e. The first-order valence-electron chi connectivity index (χ1n) is 6.61. The summed E-state index contributed by atoms with van der Waals surface area (Å²) in [6.07, 6.45) is 1.11. The molecule has 1 aliphatic rings. The highest BCUT2D eigenvalue weighted by Crippen LogP contribution is 2.30. The van der Waals surface area contributed by atoms with E-state index in [1.165, 1.54) is 11.1 Å². The summed E-state index contributed by atoms with van der Waals surface area (Å²) in [6, 6.07) is 14.2. The molecule has 0 saturated carbocycles. The van der Waals surface area contributed by atoms with Gasteiger partial charge in [-0.15, -0.1) is 0 Å².